The Morgan fingerprint density at radius 2 is 1.80 bits per heavy atom. The molecule has 1 N–H and O–H groups in total. The average Bonchev–Trinajstić information content (AvgIpc) is 2.61. The largest absolute Gasteiger partial charge is 0.460 e. The normalized spacial score (nSPS) is 11.3. The summed E-state index contributed by atoms with van der Waals surface area (Å²) in [6.45, 7) is -0.409. The van der Waals surface area contributed by atoms with E-state index in [-0.39, 0.29) is 21.5 Å². The maximum atomic E-state index is 12.1. The van der Waals surface area contributed by atoms with E-state index in [0.29, 0.717) is 0 Å². The number of halogens is 2. The smallest absolute Gasteiger partial charge is 0.321 e. The van der Waals surface area contributed by atoms with Crippen LogP contribution in [0.4, 0.5) is 0 Å². The number of thioether (sulfide) groups is 1. The molecule has 0 saturated carbocycles. The van der Waals surface area contributed by atoms with Gasteiger partial charge in [0.05, 0.1) is 14.9 Å². The van der Waals surface area contributed by atoms with E-state index in [9.17, 15) is 13.2 Å². The number of esters is 1. The van der Waals surface area contributed by atoms with Gasteiger partial charge in [-0.05, 0) is 42.2 Å². The maximum Gasteiger partial charge on any atom is 0.321 e. The van der Waals surface area contributed by atoms with Crippen LogP contribution < -0.4 is 4.72 Å². The average molecular weight is 420 g/mol. The van der Waals surface area contributed by atoms with E-state index in [1.807, 2.05) is 30.5 Å². The van der Waals surface area contributed by atoms with Crippen molar-refractivity contribution in [3.05, 3.63) is 58.1 Å². The molecule has 0 aliphatic carbocycles. The Labute approximate surface area is 160 Å². The highest BCUT2D eigenvalue weighted by Gasteiger charge is 2.17. The second kappa shape index (κ2) is 8.91. The predicted molar refractivity (Wildman–Crippen MR) is 99.7 cm³/mol. The van der Waals surface area contributed by atoms with E-state index in [4.69, 9.17) is 27.9 Å². The summed E-state index contributed by atoms with van der Waals surface area (Å²) in [5.41, 5.74) is 0.818. The lowest BCUT2D eigenvalue weighted by atomic mass is 10.2. The SMILES string of the molecule is CSc1ccc(COC(=O)CNS(=O)(=O)c2ccc(Cl)c(Cl)c2)cc1. The highest BCUT2D eigenvalue weighted by molar-refractivity contribution is 7.98. The Morgan fingerprint density at radius 3 is 2.40 bits per heavy atom. The molecule has 134 valence electrons. The van der Waals surface area contributed by atoms with Crippen molar-refractivity contribution >= 4 is 51.0 Å². The lowest BCUT2D eigenvalue weighted by molar-refractivity contribution is -0.143. The third kappa shape index (κ3) is 5.90. The number of hydrogen-bond donors (Lipinski definition) is 1. The lowest BCUT2D eigenvalue weighted by Gasteiger charge is -2.08. The predicted octanol–water partition coefficient (Wildman–Crippen LogP) is 3.74. The van der Waals surface area contributed by atoms with Crippen LogP contribution in [-0.2, 0) is 26.2 Å². The molecule has 0 unspecified atom stereocenters. The maximum absolute atomic E-state index is 12.1. The Balaban J connectivity index is 1.88. The van der Waals surface area contributed by atoms with Gasteiger partial charge in [-0.1, -0.05) is 35.3 Å². The van der Waals surface area contributed by atoms with Gasteiger partial charge in [0.15, 0.2) is 0 Å². The first-order valence-electron chi connectivity index (χ1n) is 7.05. The van der Waals surface area contributed by atoms with Crippen molar-refractivity contribution in [3.63, 3.8) is 0 Å². The summed E-state index contributed by atoms with van der Waals surface area (Å²) in [7, 11) is -3.88. The number of carbonyl (C=O) groups excluding carboxylic acids is 1. The van der Waals surface area contributed by atoms with Crippen LogP contribution in [-0.4, -0.2) is 27.2 Å². The molecule has 0 fully saturated rings. The minimum Gasteiger partial charge on any atom is -0.460 e. The molecule has 5 nitrogen and oxygen atoms in total. The van der Waals surface area contributed by atoms with Crippen molar-refractivity contribution in [2.24, 2.45) is 0 Å². The molecule has 0 aliphatic rings. The van der Waals surface area contributed by atoms with Gasteiger partial charge in [-0.2, -0.15) is 4.72 Å². The number of rotatable bonds is 7. The molecule has 0 aliphatic heterocycles. The first-order valence-corrected chi connectivity index (χ1v) is 10.5. The number of benzene rings is 2. The fraction of sp³-hybridized carbons (Fsp3) is 0.188. The van der Waals surface area contributed by atoms with Gasteiger partial charge < -0.3 is 4.74 Å². The molecule has 0 heterocycles. The summed E-state index contributed by atoms with van der Waals surface area (Å²) in [6.07, 6.45) is 1.97. The van der Waals surface area contributed by atoms with Crippen LogP contribution in [0.2, 0.25) is 10.0 Å². The quantitative estimate of drug-likeness (QED) is 0.546. The van der Waals surface area contributed by atoms with Crippen LogP contribution >= 0.6 is 35.0 Å². The number of nitrogens with one attached hydrogen (secondary N) is 1. The van der Waals surface area contributed by atoms with Gasteiger partial charge in [0, 0.05) is 4.90 Å². The van der Waals surface area contributed by atoms with E-state index >= 15 is 0 Å². The monoisotopic (exact) mass is 419 g/mol. The Morgan fingerprint density at radius 1 is 1.12 bits per heavy atom. The Bertz CT molecular complexity index is 855. The molecule has 9 heteroatoms. The Hall–Kier alpha value is -1.25. The van der Waals surface area contributed by atoms with E-state index in [1.54, 1.807) is 11.8 Å². The zero-order chi connectivity index (χ0) is 18.4. The zero-order valence-corrected chi connectivity index (χ0v) is 16.3. The fourth-order valence-corrected chi connectivity index (χ4v) is 3.58. The molecule has 2 aromatic rings. The molecule has 0 atom stereocenters. The van der Waals surface area contributed by atoms with Crippen molar-refractivity contribution in [1.82, 2.24) is 4.72 Å². The fourth-order valence-electron chi connectivity index (χ4n) is 1.82. The minimum absolute atomic E-state index is 0.0714. The summed E-state index contributed by atoms with van der Waals surface area (Å²) in [6, 6.07) is 11.4. The van der Waals surface area contributed by atoms with Gasteiger partial charge in [0.2, 0.25) is 10.0 Å². The van der Waals surface area contributed by atoms with E-state index in [0.717, 1.165) is 10.5 Å². The molecule has 25 heavy (non-hydrogen) atoms. The first-order chi connectivity index (χ1) is 11.8. The van der Waals surface area contributed by atoms with Crippen molar-refractivity contribution in [1.29, 1.82) is 0 Å². The topological polar surface area (TPSA) is 72.5 Å². The second-order valence-electron chi connectivity index (χ2n) is 4.91. The molecule has 0 spiro atoms. The molecular formula is C16H15Cl2NO4S2. The van der Waals surface area contributed by atoms with Crippen molar-refractivity contribution < 1.29 is 17.9 Å². The van der Waals surface area contributed by atoms with Crippen LogP contribution in [0.3, 0.4) is 0 Å². The standard InChI is InChI=1S/C16H15Cl2NO4S2/c1-24-12-4-2-11(3-5-12)10-23-16(20)9-19-25(21,22)13-6-7-14(17)15(18)8-13/h2-8,19H,9-10H2,1H3. The van der Waals surface area contributed by atoms with Crippen LogP contribution in [0.1, 0.15) is 5.56 Å². The lowest BCUT2D eigenvalue weighted by Crippen LogP contribution is -2.30. The molecule has 0 radical (unpaired) electrons. The summed E-state index contributed by atoms with van der Waals surface area (Å²) in [4.78, 5) is 12.8. The van der Waals surface area contributed by atoms with Gasteiger partial charge in [0.25, 0.3) is 0 Å². The molecule has 2 aromatic carbocycles. The van der Waals surface area contributed by atoms with Crippen LogP contribution in [0.5, 0.6) is 0 Å². The molecule has 0 amide bonds. The molecule has 2 rings (SSSR count). The number of carbonyl (C=O) groups is 1. The van der Waals surface area contributed by atoms with Gasteiger partial charge in [-0.3, -0.25) is 4.79 Å². The van der Waals surface area contributed by atoms with Gasteiger partial charge in [0.1, 0.15) is 13.2 Å². The van der Waals surface area contributed by atoms with Crippen molar-refractivity contribution in [2.45, 2.75) is 16.4 Å². The highest BCUT2D eigenvalue weighted by atomic mass is 35.5. The van der Waals surface area contributed by atoms with Crippen LogP contribution in [0, 0.1) is 0 Å². The molecular weight excluding hydrogens is 405 g/mol. The first kappa shape index (κ1) is 20.1. The minimum atomic E-state index is -3.88. The number of ether oxygens (including phenoxy) is 1. The molecule has 0 saturated heterocycles. The summed E-state index contributed by atoms with van der Waals surface area (Å²) in [5, 5.41) is 0.355. The number of hydrogen-bond acceptors (Lipinski definition) is 5. The van der Waals surface area contributed by atoms with Crippen LogP contribution in [0.15, 0.2) is 52.3 Å². The molecule has 0 bridgehead atoms. The van der Waals surface area contributed by atoms with Crippen LogP contribution in [0.25, 0.3) is 0 Å². The summed E-state index contributed by atoms with van der Waals surface area (Å²) in [5.74, 6) is -0.683. The second-order valence-corrected chi connectivity index (χ2v) is 8.37. The van der Waals surface area contributed by atoms with Gasteiger partial charge in [-0.15, -0.1) is 11.8 Å². The van der Waals surface area contributed by atoms with E-state index < -0.39 is 22.5 Å². The molecule has 0 aromatic heterocycles. The van der Waals surface area contributed by atoms with Gasteiger partial charge >= 0.3 is 5.97 Å². The zero-order valence-electron chi connectivity index (χ0n) is 13.2. The third-order valence-electron chi connectivity index (χ3n) is 3.17. The van der Waals surface area contributed by atoms with Crippen molar-refractivity contribution in [2.75, 3.05) is 12.8 Å². The number of sulfonamides is 1. The van der Waals surface area contributed by atoms with Gasteiger partial charge in [-0.25, -0.2) is 8.42 Å². The van der Waals surface area contributed by atoms with E-state index in [1.165, 1.54) is 18.2 Å². The summed E-state index contributed by atoms with van der Waals surface area (Å²) >= 11 is 13.2. The summed E-state index contributed by atoms with van der Waals surface area (Å²) < 4.78 is 31.5. The Kier molecular flexibility index (Phi) is 7.15. The van der Waals surface area contributed by atoms with E-state index in [2.05, 4.69) is 4.72 Å². The van der Waals surface area contributed by atoms with Crippen molar-refractivity contribution in [3.8, 4) is 0 Å². The third-order valence-corrected chi connectivity index (χ3v) is 6.05. The highest BCUT2D eigenvalue weighted by Crippen LogP contribution is 2.24.